The molecular weight excluding hydrogens is 352 g/mol. The number of aliphatic hydroxyl groups is 1. The third kappa shape index (κ3) is 4.49. The first-order chi connectivity index (χ1) is 11.0. The van der Waals surface area contributed by atoms with Gasteiger partial charge in [0.05, 0.1) is 12.8 Å². The van der Waals surface area contributed by atoms with Crippen LogP contribution >= 0.6 is 12.4 Å². The number of hydrogen-bond acceptors (Lipinski definition) is 5. The summed E-state index contributed by atoms with van der Waals surface area (Å²) in [6.45, 7) is 5.00. The van der Waals surface area contributed by atoms with Crippen LogP contribution in [-0.2, 0) is 16.6 Å². The van der Waals surface area contributed by atoms with Crippen molar-refractivity contribution in [2.24, 2.45) is 11.8 Å². The Morgan fingerprint density at radius 1 is 1.33 bits per heavy atom. The maximum atomic E-state index is 12.6. The summed E-state index contributed by atoms with van der Waals surface area (Å²) in [5.41, 5.74) is 0. The molecule has 0 unspecified atom stereocenters. The van der Waals surface area contributed by atoms with Crippen molar-refractivity contribution in [2.45, 2.75) is 43.7 Å². The van der Waals surface area contributed by atoms with E-state index in [2.05, 4.69) is 14.7 Å². The number of halogens is 1. The van der Waals surface area contributed by atoms with Crippen molar-refractivity contribution in [3.63, 3.8) is 0 Å². The van der Waals surface area contributed by atoms with Crippen LogP contribution in [0.4, 0.5) is 0 Å². The Bertz CT molecular complexity index is 632. The highest BCUT2D eigenvalue weighted by Crippen LogP contribution is 2.41. The summed E-state index contributed by atoms with van der Waals surface area (Å²) in [5.74, 6) is 0.969. The van der Waals surface area contributed by atoms with Crippen LogP contribution in [-0.4, -0.2) is 60.5 Å². The first kappa shape index (κ1) is 19.7. The van der Waals surface area contributed by atoms with Crippen molar-refractivity contribution in [2.75, 3.05) is 26.2 Å². The van der Waals surface area contributed by atoms with E-state index in [4.69, 9.17) is 5.11 Å². The lowest BCUT2D eigenvalue weighted by molar-refractivity contribution is 0.215. The summed E-state index contributed by atoms with van der Waals surface area (Å²) in [4.78, 5) is 2.39. The van der Waals surface area contributed by atoms with E-state index in [1.165, 1.54) is 19.0 Å². The predicted octanol–water partition coefficient (Wildman–Crippen LogP) is 0.696. The molecule has 1 saturated heterocycles. The Morgan fingerprint density at radius 2 is 2.08 bits per heavy atom. The Labute approximate surface area is 149 Å². The van der Waals surface area contributed by atoms with Gasteiger partial charge in [0, 0.05) is 38.4 Å². The van der Waals surface area contributed by atoms with E-state index in [0.717, 1.165) is 13.0 Å². The molecule has 1 saturated carbocycles. The van der Waals surface area contributed by atoms with Gasteiger partial charge in [0.25, 0.3) is 0 Å². The maximum absolute atomic E-state index is 12.6. The highest BCUT2D eigenvalue weighted by molar-refractivity contribution is 7.89. The van der Waals surface area contributed by atoms with Gasteiger partial charge in [-0.25, -0.2) is 13.1 Å². The van der Waals surface area contributed by atoms with Crippen molar-refractivity contribution in [3.8, 4) is 0 Å². The molecular formula is C15H27ClN4O3S. The van der Waals surface area contributed by atoms with Gasteiger partial charge in [-0.05, 0) is 31.1 Å². The van der Waals surface area contributed by atoms with E-state index in [0.29, 0.717) is 31.5 Å². The van der Waals surface area contributed by atoms with Crippen LogP contribution in [0, 0.1) is 11.8 Å². The minimum atomic E-state index is -3.54. The van der Waals surface area contributed by atoms with Crippen LogP contribution in [0.5, 0.6) is 0 Å². The number of nitrogens with zero attached hydrogens (tertiary/aromatic N) is 3. The summed E-state index contributed by atoms with van der Waals surface area (Å²) in [7, 11) is -3.54. The van der Waals surface area contributed by atoms with E-state index < -0.39 is 10.0 Å². The summed E-state index contributed by atoms with van der Waals surface area (Å²) in [5, 5.41) is 13.2. The lowest BCUT2D eigenvalue weighted by Gasteiger charge is -2.18. The predicted molar refractivity (Wildman–Crippen MR) is 93.6 cm³/mol. The van der Waals surface area contributed by atoms with Gasteiger partial charge in [-0.3, -0.25) is 9.58 Å². The molecule has 9 heteroatoms. The van der Waals surface area contributed by atoms with Crippen LogP contribution in [0.2, 0.25) is 0 Å². The van der Waals surface area contributed by atoms with Crippen LogP contribution in [0.15, 0.2) is 17.3 Å². The third-order valence-corrected chi connectivity index (χ3v) is 6.21. The smallest absolute Gasteiger partial charge is 0.243 e. The lowest BCUT2D eigenvalue weighted by atomic mass is 9.99. The standard InChI is InChI=1S/C15H26N4O3S.ClH/c1-2-5-19-9-13(8-16-19)23(21,22)17-15-11-18(6-7-20)10-14(15)12-3-4-12;/h8-9,12,14-15,17,20H,2-7,10-11H2,1H3;1H/t14-,15+;/m1./s1. The molecule has 1 aliphatic carbocycles. The molecule has 2 N–H and O–H groups in total. The SMILES string of the molecule is CCCn1cc(S(=O)(=O)N[C@H]2CN(CCO)C[C@@H]2C2CC2)cn1.Cl. The molecule has 1 aromatic rings. The number of aryl methyl sites for hydroxylation is 1. The second kappa shape index (κ2) is 8.14. The Balaban J connectivity index is 0.00000208. The first-order valence-corrected chi connectivity index (χ1v) is 9.90. The van der Waals surface area contributed by atoms with Crippen molar-refractivity contribution in [1.29, 1.82) is 0 Å². The molecule has 2 heterocycles. The Morgan fingerprint density at radius 3 is 2.71 bits per heavy atom. The molecule has 1 aromatic heterocycles. The molecule has 0 bridgehead atoms. The number of hydrogen-bond donors (Lipinski definition) is 2. The van der Waals surface area contributed by atoms with E-state index in [9.17, 15) is 8.42 Å². The average Bonchev–Trinajstić information content (AvgIpc) is 3.09. The van der Waals surface area contributed by atoms with Crippen LogP contribution in [0.3, 0.4) is 0 Å². The number of likely N-dealkylation sites (tertiary alicyclic amines) is 1. The number of β-amino-alcohol motifs (C(OH)–C–C–N with tert-alkyl or cyclic N) is 1. The minimum Gasteiger partial charge on any atom is -0.395 e. The minimum absolute atomic E-state index is 0. The van der Waals surface area contributed by atoms with E-state index in [-0.39, 0.29) is 30.0 Å². The highest BCUT2D eigenvalue weighted by atomic mass is 35.5. The second-order valence-electron chi connectivity index (χ2n) is 6.65. The van der Waals surface area contributed by atoms with Crippen molar-refractivity contribution in [3.05, 3.63) is 12.4 Å². The van der Waals surface area contributed by atoms with Gasteiger partial charge in [-0.1, -0.05) is 6.92 Å². The molecule has 24 heavy (non-hydrogen) atoms. The molecule has 2 aliphatic rings. The van der Waals surface area contributed by atoms with E-state index in [1.54, 1.807) is 10.9 Å². The first-order valence-electron chi connectivity index (χ1n) is 8.41. The molecule has 3 rings (SSSR count). The van der Waals surface area contributed by atoms with Crippen molar-refractivity contribution in [1.82, 2.24) is 19.4 Å². The molecule has 0 aromatic carbocycles. The number of sulfonamides is 1. The Hall–Kier alpha value is -0.670. The molecule has 1 aliphatic heterocycles. The number of aliphatic hydroxyl groups excluding tert-OH is 1. The van der Waals surface area contributed by atoms with E-state index >= 15 is 0 Å². The lowest BCUT2D eigenvalue weighted by Crippen LogP contribution is -2.41. The van der Waals surface area contributed by atoms with Crippen molar-refractivity contribution < 1.29 is 13.5 Å². The molecule has 2 atom stereocenters. The topological polar surface area (TPSA) is 87.5 Å². The zero-order valence-corrected chi connectivity index (χ0v) is 15.6. The fourth-order valence-electron chi connectivity index (χ4n) is 3.47. The van der Waals surface area contributed by atoms with E-state index in [1.807, 2.05) is 6.92 Å². The largest absolute Gasteiger partial charge is 0.395 e. The number of rotatable bonds is 8. The third-order valence-electron chi connectivity index (χ3n) is 4.76. The summed E-state index contributed by atoms with van der Waals surface area (Å²) in [6, 6.07) is -0.0754. The van der Waals surface area contributed by atoms with Gasteiger partial charge in [-0.15, -0.1) is 12.4 Å². The zero-order valence-electron chi connectivity index (χ0n) is 14.0. The van der Waals surface area contributed by atoms with Gasteiger partial charge in [0.15, 0.2) is 0 Å². The molecule has 7 nitrogen and oxygen atoms in total. The average molecular weight is 379 g/mol. The molecule has 0 amide bonds. The van der Waals surface area contributed by atoms with Gasteiger partial charge in [0.2, 0.25) is 10.0 Å². The summed E-state index contributed by atoms with van der Waals surface area (Å²) in [6.07, 6.45) is 6.30. The van der Waals surface area contributed by atoms with Crippen LogP contribution in [0.25, 0.3) is 0 Å². The molecule has 138 valence electrons. The van der Waals surface area contributed by atoms with Crippen molar-refractivity contribution >= 4 is 22.4 Å². The van der Waals surface area contributed by atoms with Gasteiger partial charge in [0.1, 0.15) is 4.90 Å². The normalized spacial score (nSPS) is 24.9. The maximum Gasteiger partial charge on any atom is 0.243 e. The number of nitrogens with one attached hydrogen (secondary N) is 1. The second-order valence-corrected chi connectivity index (χ2v) is 8.37. The fourth-order valence-corrected chi connectivity index (χ4v) is 4.70. The zero-order chi connectivity index (χ0) is 16.4. The van der Waals surface area contributed by atoms with Gasteiger partial charge in [-0.2, -0.15) is 5.10 Å². The quantitative estimate of drug-likeness (QED) is 0.695. The molecule has 0 radical (unpaired) electrons. The summed E-state index contributed by atoms with van der Waals surface area (Å²) < 4.78 is 29.8. The highest BCUT2D eigenvalue weighted by Gasteiger charge is 2.43. The fraction of sp³-hybridized carbons (Fsp3) is 0.800. The van der Waals surface area contributed by atoms with Crippen LogP contribution in [0.1, 0.15) is 26.2 Å². The Kier molecular flexibility index (Phi) is 6.66. The molecule has 0 spiro atoms. The van der Waals surface area contributed by atoms with Gasteiger partial charge < -0.3 is 5.11 Å². The number of aromatic nitrogens is 2. The molecule has 2 fully saturated rings. The summed E-state index contributed by atoms with van der Waals surface area (Å²) >= 11 is 0. The van der Waals surface area contributed by atoms with Gasteiger partial charge >= 0.3 is 0 Å². The van der Waals surface area contributed by atoms with Crippen LogP contribution < -0.4 is 4.72 Å². The monoisotopic (exact) mass is 378 g/mol.